The number of hydrogen-bond donors (Lipinski definition) is 0. The first-order chi connectivity index (χ1) is 8.33. The van der Waals surface area contributed by atoms with Gasteiger partial charge in [0.15, 0.2) is 6.29 Å². The molecule has 1 atom stereocenters. The zero-order valence-electron chi connectivity index (χ0n) is 10.1. The Kier molecular flexibility index (Phi) is 2.89. The topological polar surface area (TPSA) is 18.5 Å². The highest BCUT2D eigenvalue weighted by atomic mass is 16.7. The molecule has 1 aromatic rings. The largest absolute Gasteiger partial charge is 0.465 e. The molecule has 1 saturated heterocycles. The minimum atomic E-state index is -0.0496. The summed E-state index contributed by atoms with van der Waals surface area (Å²) in [7, 11) is 0. The van der Waals surface area contributed by atoms with E-state index in [9.17, 15) is 0 Å². The van der Waals surface area contributed by atoms with Crippen molar-refractivity contribution in [2.75, 3.05) is 6.61 Å². The van der Waals surface area contributed by atoms with Crippen LogP contribution in [0.1, 0.15) is 36.8 Å². The molecule has 2 nitrogen and oxygen atoms in total. The summed E-state index contributed by atoms with van der Waals surface area (Å²) in [4.78, 5) is 0. The summed E-state index contributed by atoms with van der Waals surface area (Å²) in [5.74, 6) is 0.936. The van der Waals surface area contributed by atoms with Crippen molar-refractivity contribution in [2.45, 2.75) is 38.4 Å². The average Bonchev–Trinajstić information content (AvgIpc) is 2.72. The van der Waals surface area contributed by atoms with Gasteiger partial charge in [0.05, 0.1) is 6.61 Å². The molecule has 1 aromatic carbocycles. The van der Waals surface area contributed by atoms with Crippen LogP contribution in [0.15, 0.2) is 24.8 Å². The molecule has 3 rings (SSSR count). The van der Waals surface area contributed by atoms with Crippen LogP contribution in [0.25, 0.3) is 5.57 Å². The maximum absolute atomic E-state index is 5.86. The van der Waals surface area contributed by atoms with Gasteiger partial charge in [0, 0.05) is 6.42 Å². The van der Waals surface area contributed by atoms with Crippen LogP contribution in [-0.2, 0) is 11.2 Å². The van der Waals surface area contributed by atoms with E-state index in [2.05, 4.69) is 18.7 Å². The first-order valence-corrected chi connectivity index (χ1v) is 6.42. The van der Waals surface area contributed by atoms with Crippen molar-refractivity contribution in [2.24, 2.45) is 0 Å². The predicted octanol–water partition coefficient (Wildman–Crippen LogP) is 3.55. The van der Waals surface area contributed by atoms with E-state index in [0.29, 0.717) is 0 Å². The average molecular weight is 230 g/mol. The number of ether oxygens (including phenoxy) is 2. The first kappa shape index (κ1) is 10.8. The van der Waals surface area contributed by atoms with Crippen molar-refractivity contribution in [3.63, 3.8) is 0 Å². The van der Waals surface area contributed by atoms with Gasteiger partial charge in [0.25, 0.3) is 0 Å². The number of fused-ring (bicyclic) bond motifs is 1. The van der Waals surface area contributed by atoms with Gasteiger partial charge in [0.1, 0.15) is 5.75 Å². The number of hydrogen-bond acceptors (Lipinski definition) is 2. The lowest BCUT2D eigenvalue weighted by Gasteiger charge is -2.23. The molecule has 90 valence electrons. The Morgan fingerprint density at radius 1 is 1.24 bits per heavy atom. The van der Waals surface area contributed by atoms with Crippen molar-refractivity contribution in [3.8, 4) is 5.75 Å². The van der Waals surface area contributed by atoms with Crippen molar-refractivity contribution in [1.29, 1.82) is 0 Å². The molecule has 1 aliphatic heterocycles. The second-order valence-electron chi connectivity index (χ2n) is 4.84. The molecule has 0 spiro atoms. The van der Waals surface area contributed by atoms with Gasteiger partial charge in [-0.25, -0.2) is 0 Å². The van der Waals surface area contributed by atoms with Gasteiger partial charge < -0.3 is 9.47 Å². The summed E-state index contributed by atoms with van der Waals surface area (Å²) in [5.41, 5.74) is 3.92. The first-order valence-electron chi connectivity index (χ1n) is 6.42. The van der Waals surface area contributed by atoms with Gasteiger partial charge in [-0.1, -0.05) is 12.6 Å². The van der Waals surface area contributed by atoms with E-state index in [-0.39, 0.29) is 6.29 Å². The number of benzene rings is 1. The second kappa shape index (κ2) is 4.53. The van der Waals surface area contributed by atoms with Gasteiger partial charge in [-0.05, 0) is 54.5 Å². The van der Waals surface area contributed by atoms with Crippen LogP contribution < -0.4 is 4.74 Å². The standard InChI is InChI=1S/C15H18O2/c1-11-5-6-12-10-13(7-8-14(11)12)17-15-4-2-3-9-16-15/h7-8,10,15H,1-6,9H2. The van der Waals surface area contributed by atoms with Gasteiger partial charge >= 0.3 is 0 Å². The lowest BCUT2D eigenvalue weighted by atomic mass is 10.1. The van der Waals surface area contributed by atoms with Crippen LogP contribution in [0.5, 0.6) is 5.75 Å². The molecule has 0 N–H and O–H groups in total. The highest BCUT2D eigenvalue weighted by Crippen LogP contribution is 2.33. The Balaban J connectivity index is 1.73. The third kappa shape index (κ3) is 2.22. The van der Waals surface area contributed by atoms with Gasteiger partial charge in [-0.15, -0.1) is 0 Å². The summed E-state index contributed by atoms with van der Waals surface area (Å²) in [6.45, 7) is 4.90. The molecule has 17 heavy (non-hydrogen) atoms. The summed E-state index contributed by atoms with van der Waals surface area (Å²) < 4.78 is 11.4. The van der Waals surface area contributed by atoms with Crippen molar-refractivity contribution >= 4 is 5.57 Å². The molecule has 1 fully saturated rings. The molecular weight excluding hydrogens is 212 g/mol. The quantitative estimate of drug-likeness (QED) is 0.773. The van der Waals surface area contributed by atoms with E-state index in [1.54, 1.807) is 0 Å². The molecule has 1 heterocycles. The van der Waals surface area contributed by atoms with E-state index in [0.717, 1.165) is 38.0 Å². The molecule has 0 saturated carbocycles. The number of rotatable bonds is 2. The number of aryl methyl sites for hydroxylation is 1. The summed E-state index contributed by atoms with van der Waals surface area (Å²) in [6, 6.07) is 6.31. The van der Waals surface area contributed by atoms with Crippen molar-refractivity contribution < 1.29 is 9.47 Å². The molecule has 0 radical (unpaired) electrons. The molecule has 0 aromatic heterocycles. The maximum Gasteiger partial charge on any atom is 0.199 e. The summed E-state index contributed by atoms with van der Waals surface area (Å²) in [6.07, 6.45) is 5.49. The van der Waals surface area contributed by atoms with Crippen molar-refractivity contribution in [3.05, 3.63) is 35.9 Å². The SMILES string of the molecule is C=C1CCc2cc(OC3CCCCO3)ccc21. The van der Waals surface area contributed by atoms with Gasteiger partial charge in [-0.2, -0.15) is 0 Å². The van der Waals surface area contributed by atoms with E-state index >= 15 is 0 Å². The third-order valence-electron chi connectivity index (χ3n) is 3.56. The van der Waals surface area contributed by atoms with Gasteiger partial charge in [0.2, 0.25) is 0 Å². The van der Waals surface area contributed by atoms with Crippen LogP contribution in [-0.4, -0.2) is 12.9 Å². The minimum absolute atomic E-state index is 0.0496. The molecule has 1 aliphatic carbocycles. The highest BCUT2D eigenvalue weighted by Gasteiger charge is 2.18. The molecule has 2 heteroatoms. The third-order valence-corrected chi connectivity index (χ3v) is 3.56. The number of allylic oxidation sites excluding steroid dienone is 1. The lowest BCUT2D eigenvalue weighted by Crippen LogP contribution is -2.24. The Bertz CT molecular complexity index is 431. The highest BCUT2D eigenvalue weighted by molar-refractivity contribution is 5.71. The fourth-order valence-corrected chi connectivity index (χ4v) is 2.57. The van der Waals surface area contributed by atoms with E-state index in [1.807, 2.05) is 6.07 Å². The molecular formula is C15H18O2. The monoisotopic (exact) mass is 230 g/mol. The fourth-order valence-electron chi connectivity index (χ4n) is 2.57. The van der Waals surface area contributed by atoms with Crippen LogP contribution in [0, 0.1) is 0 Å². The van der Waals surface area contributed by atoms with Crippen LogP contribution in [0.2, 0.25) is 0 Å². The Hall–Kier alpha value is -1.28. The second-order valence-corrected chi connectivity index (χ2v) is 4.84. The van der Waals surface area contributed by atoms with Crippen LogP contribution >= 0.6 is 0 Å². The summed E-state index contributed by atoms with van der Waals surface area (Å²) in [5, 5.41) is 0. The summed E-state index contributed by atoms with van der Waals surface area (Å²) >= 11 is 0. The molecule has 2 aliphatic rings. The smallest absolute Gasteiger partial charge is 0.199 e. The zero-order chi connectivity index (χ0) is 11.7. The fraction of sp³-hybridized carbons (Fsp3) is 0.467. The maximum atomic E-state index is 5.86. The minimum Gasteiger partial charge on any atom is -0.465 e. The molecule has 0 amide bonds. The van der Waals surface area contributed by atoms with E-state index in [4.69, 9.17) is 9.47 Å². The van der Waals surface area contributed by atoms with E-state index in [1.165, 1.54) is 23.1 Å². The Morgan fingerprint density at radius 3 is 3.00 bits per heavy atom. The normalized spacial score (nSPS) is 23.5. The van der Waals surface area contributed by atoms with Crippen LogP contribution in [0.4, 0.5) is 0 Å². The van der Waals surface area contributed by atoms with E-state index < -0.39 is 0 Å². The molecule has 1 unspecified atom stereocenters. The van der Waals surface area contributed by atoms with Crippen LogP contribution in [0.3, 0.4) is 0 Å². The van der Waals surface area contributed by atoms with Crippen molar-refractivity contribution in [1.82, 2.24) is 0 Å². The molecule has 0 bridgehead atoms. The zero-order valence-corrected chi connectivity index (χ0v) is 10.1. The Labute approximate surface area is 102 Å². The van der Waals surface area contributed by atoms with Gasteiger partial charge in [-0.3, -0.25) is 0 Å². The lowest BCUT2D eigenvalue weighted by molar-refractivity contribution is -0.105. The predicted molar refractivity (Wildman–Crippen MR) is 68.0 cm³/mol. The Morgan fingerprint density at radius 2 is 2.18 bits per heavy atom.